The van der Waals surface area contributed by atoms with Crippen molar-refractivity contribution in [3.63, 3.8) is 0 Å². The lowest BCUT2D eigenvalue weighted by Gasteiger charge is -2.22. The zero-order valence-corrected chi connectivity index (χ0v) is 14.1. The maximum Gasteiger partial charge on any atom is 0.237 e. The normalized spacial score (nSPS) is 17.5. The van der Waals surface area contributed by atoms with Crippen LogP contribution in [0.2, 0.25) is 0 Å². The third kappa shape index (κ3) is 6.68. The van der Waals surface area contributed by atoms with Gasteiger partial charge in [0.25, 0.3) is 0 Å². The molecule has 1 fully saturated rings. The summed E-state index contributed by atoms with van der Waals surface area (Å²) in [5, 5.41) is 6.29. The quantitative estimate of drug-likeness (QED) is 0.782. The highest BCUT2D eigenvalue weighted by Gasteiger charge is 2.19. The molecule has 7 heteroatoms. The molecule has 1 atom stereocenters. The van der Waals surface area contributed by atoms with E-state index >= 15 is 0 Å². The Bertz CT molecular complexity index is 405. The predicted octanol–water partition coefficient (Wildman–Crippen LogP) is 2.07. The molecule has 1 aromatic heterocycles. The first kappa shape index (κ1) is 20.2. The van der Waals surface area contributed by atoms with Crippen LogP contribution in [0.3, 0.4) is 0 Å². The standard InChI is InChI=1S/C14H24N4O.2ClH/c1-12-15-9-11-18(12)10-5-4-8-17-14(19)13-6-2-3-7-16-13;;/h9,11,13,16H,2-8,10H2,1H3,(H,17,19);2*1H/t13-;;/m1../s1. The summed E-state index contributed by atoms with van der Waals surface area (Å²) in [5.41, 5.74) is 0. The molecule has 2 heterocycles. The fraction of sp³-hybridized carbons (Fsp3) is 0.714. The number of nitrogens with one attached hydrogen (secondary N) is 2. The highest BCUT2D eigenvalue weighted by molar-refractivity contribution is 5.85. The number of aromatic nitrogens is 2. The number of carbonyl (C=O) groups excluding carboxylic acids is 1. The molecule has 1 aliphatic heterocycles. The third-order valence-electron chi connectivity index (χ3n) is 3.68. The Morgan fingerprint density at radius 1 is 1.43 bits per heavy atom. The van der Waals surface area contributed by atoms with Gasteiger partial charge in [-0.1, -0.05) is 6.42 Å². The fourth-order valence-electron chi connectivity index (χ4n) is 2.46. The van der Waals surface area contributed by atoms with Gasteiger partial charge in [0.2, 0.25) is 5.91 Å². The molecule has 0 aromatic carbocycles. The van der Waals surface area contributed by atoms with E-state index in [1.54, 1.807) is 0 Å². The molecule has 0 saturated carbocycles. The molecule has 1 aromatic rings. The van der Waals surface area contributed by atoms with Crippen molar-refractivity contribution in [2.24, 2.45) is 0 Å². The lowest BCUT2D eigenvalue weighted by Crippen LogP contribution is -2.46. The molecule has 2 N–H and O–H groups in total. The van der Waals surface area contributed by atoms with Crippen molar-refractivity contribution < 1.29 is 4.79 Å². The van der Waals surface area contributed by atoms with Gasteiger partial charge in [-0.15, -0.1) is 24.8 Å². The summed E-state index contributed by atoms with van der Waals surface area (Å²) in [6.45, 7) is 4.72. The number of halogens is 2. The first-order chi connectivity index (χ1) is 9.27. The summed E-state index contributed by atoms with van der Waals surface area (Å²) in [6, 6.07) is 0.0321. The molecule has 0 radical (unpaired) electrons. The minimum atomic E-state index is 0. The maximum absolute atomic E-state index is 11.9. The molecular formula is C14H26Cl2N4O. The van der Waals surface area contributed by atoms with Crippen LogP contribution in [0.5, 0.6) is 0 Å². The molecule has 1 aliphatic rings. The number of imidazole rings is 1. The first-order valence-corrected chi connectivity index (χ1v) is 7.26. The average Bonchev–Trinajstić information content (AvgIpc) is 2.85. The number of aryl methyl sites for hydroxylation is 2. The van der Waals surface area contributed by atoms with Crippen LogP contribution in [0, 0.1) is 6.92 Å². The van der Waals surface area contributed by atoms with Crippen LogP contribution < -0.4 is 10.6 Å². The summed E-state index contributed by atoms with van der Waals surface area (Å²) < 4.78 is 2.14. The van der Waals surface area contributed by atoms with E-state index in [-0.39, 0.29) is 36.8 Å². The largest absolute Gasteiger partial charge is 0.355 e. The van der Waals surface area contributed by atoms with E-state index < -0.39 is 0 Å². The van der Waals surface area contributed by atoms with Gasteiger partial charge in [0.15, 0.2) is 0 Å². The van der Waals surface area contributed by atoms with E-state index in [4.69, 9.17) is 0 Å². The summed E-state index contributed by atoms with van der Waals surface area (Å²) >= 11 is 0. The predicted molar refractivity (Wildman–Crippen MR) is 89.3 cm³/mol. The second-order valence-electron chi connectivity index (χ2n) is 5.17. The fourth-order valence-corrected chi connectivity index (χ4v) is 2.46. The van der Waals surface area contributed by atoms with Crippen LogP contribution in [0.1, 0.15) is 37.9 Å². The van der Waals surface area contributed by atoms with Gasteiger partial charge in [-0.05, 0) is 39.2 Å². The molecule has 122 valence electrons. The van der Waals surface area contributed by atoms with Gasteiger partial charge in [0.05, 0.1) is 6.04 Å². The number of piperidine rings is 1. The van der Waals surface area contributed by atoms with Crippen LogP contribution in [0.15, 0.2) is 12.4 Å². The lowest BCUT2D eigenvalue weighted by molar-refractivity contribution is -0.123. The Morgan fingerprint density at radius 3 is 2.86 bits per heavy atom. The Hall–Kier alpha value is -0.780. The number of amides is 1. The number of carbonyl (C=O) groups is 1. The number of rotatable bonds is 6. The first-order valence-electron chi connectivity index (χ1n) is 7.26. The van der Waals surface area contributed by atoms with E-state index in [1.165, 1.54) is 6.42 Å². The number of hydrogen-bond acceptors (Lipinski definition) is 3. The zero-order valence-electron chi connectivity index (χ0n) is 12.5. The summed E-state index contributed by atoms with van der Waals surface area (Å²) in [4.78, 5) is 16.0. The Labute approximate surface area is 139 Å². The van der Waals surface area contributed by atoms with Crippen molar-refractivity contribution in [1.82, 2.24) is 20.2 Å². The van der Waals surface area contributed by atoms with Crippen LogP contribution in [-0.2, 0) is 11.3 Å². The molecule has 2 rings (SSSR count). The second kappa shape index (κ2) is 10.9. The van der Waals surface area contributed by atoms with Crippen molar-refractivity contribution >= 4 is 30.7 Å². The Morgan fingerprint density at radius 2 is 2.24 bits per heavy atom. The molecule has 0 spiro atoms. The van der Waals surface area contributed by atoms with Crippen molar-refractivity contribution in [1.29, 1.82) is 0 Å². The monoisotopic (exact) mass is 336 g/mol. The van der Waals surface area contributed by atoms with Gasteiger partial charge in [-0.25, -0.2) is 4.98 Å². The van der Waals surface area contributed by atoms with Gasteiger partial charge in [-0.2, -0.15) is 0 Å². The third-order valence-corrected chi connectivity index (χ3v) is 3.68. The molecule has 5 nitrogen and oxygen atoms in total. The van der Waals surface area contributed by atoms with Crippen molar-refractivity contribution in [2.75, 3.05) is 13.1 Å². The van der Waals surface area contributed by atoms with E-state index in [0.29, 0.717) is 0 Å². The highest BCUT2D eigenvalue weighted by Crippen LogP contribution is 2.06. The van der Waals surface area contributed by atoms with E-state index in [2.05, 4.69) is 20.2 Å². The summed E-state index contributed by atoms with van der Waals surface area (Å²) in [5.74, 6) is 1.22. The smallest absolute Gasteiger partial charge is 0.237 e. The van der Waals surface area contributed by atoms with Crippen molar-refractivity contribution in [3.8, 4) is 0 Å². The van der Waals surface area contributed by atoms with E-state index in [9.17, 15) is 4.79 Å². The number of nitrogens with zero attached hydrogens (tertiary/aromatic N) is 2. The molecule has 0 unspecified atom stereocenters. The number of hydrogen-bond donors (Lipinski definition) is 2. The molecule has 1 amide bonds. The highest BCUT2D eigenvalue weighted by atomic mass is 35.5. The van der Waals surface area contributed by atoms with Gasteiger partial charge in [0.1, 0.15) is 5.82 Å². The summed E-state index contributed by atoms with van der Waals surface area (Å²) in [6.07, 6.45) is 9.22. The minimum Gasteiger partial charge on any atom is -0.355 e. The Kier molecular flexibility index (Phi) is 10.5. The van der Waals surface area contributed by atoms with E-state index in [0.717, 1.165) is 51.1 Å². The minimum absolute atomic E-state index is 0. The van der Waals surface area contributed by atoms with Gasteiger partial charge >= 0.3 is 0 Å². The molecule has 0 bridgehead atoms. The lowest BCUT2D eigenvalue weighted by atomic mass is 10.0. The molecule has 21 heavy (non-hydrogen) atoms. The van der Waals surface area contributed by atoms with Crippen LogP contribution >= 0.6 is 24.8 Å². The second-order valence-corrected chi connectivity index (χ2v) is 5.17. The van der Waals surface area contributed by atoms with Crippen molar-refractivity contribution in [2.45, 2.75) is 51.6 Å². The zero-order chi connectivity index (χ0) is 13.5. The SMILES string of the molecule is Cc1nccn1CCCCNC(=O)[C@H]1CCCCN1.Cl.Cl. The molecular weight excluding hydrogens is 311 g/mol. The molecule has 0 aliphatic carbocycles. The maximum atomic E-state index is 11.9. The Balaban J connectivity index is 0.00000200. The van der Waals surface area contributed by atoms with Crippen molar-refractivity contribution in [3.05, 3.63) is 18.2 Å². The van der Waals surface area contributed by atoms with Crippen LogP contribution in [0.4, 0.5) is 0 Å². The summed E-state index contributed by atoms with van der Waals surface area (Å²) in [7, 11) is 0. The van der Waals surface area contributed by atoms with Gasteiger partial charge in [0, 0.05) is 25.5 Å². The number of unbranched alkanes of at least 4 members (excludes halogenated alkanes) is 1. The molecule has 1 saturated heterocycles. The van der Waals surface area contributed by atoms with Gasteiger partial charge < -0.3 is 15.2 Å². The van der Waals surface area contributed by atoms with E-state index in [1.807, 2.05) is 19.3 Å². The van der Waals surface area contributed by atoms with Gasteiger partial charge in [-0.3, -0.25) is 4.79 Å². The van der Waals surface area contributed by atoms with Crippen LogP contribution in [0.25, 0.3) is 0 Å². The average molecular weight is 337 g/mol. The topological polar surface area (TPSA) is 59.0 Å². The van der Waals surface area contributed by atoms with Crippen LogP contribution in [-0.4, -0.2) is 34.6 Å².